The number of aromatic nitrogens is 2. The smallest absolute Gasteiger partial charge is 0.267 e. The number of piperazine rings is 1. The number of rotatable bonds is 6. The summed E-state index contributed by atoms with van der Waals surface area (Å²) in [4.78, 5) is 37.8. The first kappa shape index (κ1) is 23.4. The monoisotopic (exact) mass is 501 g/mol. The van der Waals surface area contributed by atoms with Gasteiger partial charge in [0.2, 0.25) is 0 Å². The third-order valence-electron chi connectivity index (χ3n) is 6.40. The average molecular weight is 502 g/mol. The van der Waals surface area contributed by atoms with Crippen molar-refractivity contribution in [3.63, 3.8) is 0 Å². The number of pyridine rings is 1. The van der Waals surface area contributed by atoms with Gasteiger partial charge in [-0.2, -0.15) is 0 Å². The molecule has 34 heavy (non-hydrogen) atoms. The van der Waals surface area contributed by atoms with Gasteiger partial charge in [0.25, 0.3) is 11.5 Å². The Kier molecular flexibility index (Phi) is 6.98. The summed E-state index contributed by atoms with van der Waals surface area (Å²) >= 11 is 6.71. The molecule has 2 aromatic rings. The van der Waals surface area contributed by atoms with Crippen molar-refractivity contribution < 1.29 is 14.6 Å². The number of thiocarbonyl (C=S) groups is 1. The molecule has 3 aliphatic heterocycles. The van der Waals surface area contributed by atoms with Gasteiger partial charge in [0.15, 0.2) is 0 Å². The van der Waals surface area contributed by atoms with E-state index in [0.717, 1.165) is 25.9 Å². The fourth-order valence-corrected chi connectivity index (χ4v) is 5.82. The fourth-order valence-electron chi connectivity index (χ4n) is 4.56. The van der Waals surface area contributed by atoms with Crippen molar-refractivity contribution >= 4 is 51.7 Å². The second kappa shape index (κ2) is 10.1. The van der Waals surface area contributed by atoms with Gasteiger partial charge in [-0.1, -0.05) is 30.0 Å². The molecule has 3 aliphatic rings. The van der Waals surface area contributed by atoms with Crippen molar-refractivity contribution in [1.29, 1.82) is 0 Å². The van der Waals surface area contributed by atoms with Gasteiger partial charge < -0.3 is 14.7 Å². The van der Waals surface area contributed by atoms with E-state index in [1.807, 2.05) is 6.07 Å². The predicted octanol–water partition coefficient (Wildman–Crippen LogP) is 1.19. The van der Waals surface area contributed by atoms with Crippen LogP contribution < -0.4 is 10.5 Å². The number of ether oxygens (including phenoxy) is 1. The lowest BCUT2D eigenvalue weighted by Gasteiger charge is -2.35. The molecule has 0 radical (unpaired) electrons. The summed E-state index contributed by atoms with van der Waals surface area (Å²) in [6.07, 6.45) is 5.25. The maximum atomic E-state index is 13.5. The van der Waals surface area contributed by atoms with E-state index in [1.54, 1.807) is 29.3 Å². The lowest BCUT2D eigenvalue weighted by Crippen LogP contribution is -2.48. The highest BCUT2D eigenvalue weighted by molar-refractivity contribution is 8.26. The van der Waals surface area contributed by atoms with E-state index in [4.69, 9.17) is 21.9 Å². The average Bonchev–Trinajstić information content (AvgIpc) is 3.45. The SMILES string of the molecule is O=C1/C(=C\c2c(N3CCN(CCO)CC3)nc3ccccn3c2=O)SC(=S)N1C[C@H]1CCCO1. The van der Waals surface area contributed by atoms with E-state index in [1.165, 1.54) is 16.2 Å². The lowest BCUT2D eigenvalue weighted by molar-refractivity contribution is -0.123. The summed E-state index contributed by atoms with van der Waals surface area (Å²) in [5.74, 6) is 0.381. The van der Waals surface area contributed by atoms with Crippen LogP contribution in [0.3, 0.4) is 0 Å². The normalized spacial score (nSPS) is 23.1. The Hall–Kier alpha value is -2.31. The molecule has 3 saturated heterocycles. The van der Waals surface area contributed by atoms with Crippen molar-refractivity contribution in [3.05, 3.63) is 45.2 Å². The molecule has 9 nitrogen and oxygen atoms in total. The number of carbonyl (C=O) groups is 1. The van der Waals surface area contributed by atoms with Crippen LogP contribution in [0.25, 0.3) is 11.7 Å². The van der Waals surface area contributed by atoms with E-state index < -0.39 is 0 Å². The molecule has 0 unspecified atom stereocenters. The van der Waals surface area contributed by atoms with Crippen molar-refractivity contribution in [2.24, 2.45) is 0 Å². The van der Waals surface area contributed by atoms with Crippen LogP contribution in [0, 0.1) is 0 Å². The van der Waals surface area contributed by atoms with E-state index in [9.17, 15) is 14.7 Å². The largest absolute Gasteiger partial charge is 0.395 e. The molecule has 0 saturated carbocycles. The first-order valence-corrected chi connectivity index (χ1v) is 12.7. The summed E-state index contributed by atoms with van der Waals surface area (Å²) < 4.78 is 7.68. The standard InChI is InChI=1S/C23H27N5O4S2/c29-12-11-25-7-9-26(10-8-25)20-17(21(30)27-6-2-1-5-19(27)24-20)14-18-22(31)28(23(33)34-18)15-16-4-3-13-32-16/h1-2,5-6,14,16,29H,3-4,7-13,15H2/b18-14+/t16-/m1/s1. The van der Waals surface area contributed by atoms with Crippen molar-refractivity contribution in [3.8, 4) is 0 Å². The number of carbonyl (C=O) groups excluding carboxylic acids is 1. The quantitative estimate of drug-likeness (QED) is 0.463. The zero-order valence-electron chi connectivity index (χ0n) is 18.8. The Bertz CT molecular complexity index is 1190. The summed E-state index contributed by atoms with van der Waals surface area (Å²) in [6.45, 7) is 4.78. The number of anilines is 1. The highest BCUT2D eigenvalue weighted by Crippen LogP contribution is 2.34. The van der Waals surface area contributed by atoms with Crippen LogP contribution in [0.15, 0.2) is 34.1 Å². The van der Waals surface area contributed by atoms with Crippen LogP contribution in [-0.2, 0) is 9.53 Å². The number of hydrogen-bond donors (Lipinski definition) is 1. The second-order valence-electron chi connectivity index (χ2n) is 8.56. The number of β-amino-alcohol motifs (C(OH)–C–C–N with tert-alkyl or cyclic N) is 1. The number of amides is 1. The molecule has 5 heterocycles. The van der Waals surface area contributed by atoms with E-state index in [2.05, 4.69) is 9.80 Å². The summed E-state index contributed by atoms with van der Waals surface area (Å²) in [5.41, 5.74) is 0.725. The van der Waals surface area contributed by atoms with Crippen LogP contribution in [0.1, 0.15) is 18.4 Å². The maximum Gasteiger partial charge on any atom is 0.267 e. The van der Waals surface area contributed by atoms with E-state index >= 15 is 0 Å². The fraction of sp³-hybridized carbons (Fsp3) is 0.478. The third kappa shape index (κ3) is 4.63. The Morgan fingerprint density at radius 3 is 2.79 bits per heavy atom. The van der Waals surface area contributed by atoms with Gasteiger partial charge in [-0.05, 0) is 31.1 Å². The van der Waals surface area contributed by atoms with Crippen molar-refractivity contribution in [2.75, 3.05) is 57.4 Å². The van der Waals surface area contributed by atoms with Crippen LogP contribution in [-0.4, -0.2) is 93.1 Å². The van der Waals surface area contributed by atoms with Crippen LogP contribution in [0.2, 0.25) is 0 Å². The number of fused-ring (bicyclic) bond motifs is 1. The molecule has 11 heteroatoms. The molecule has 1 N–H and O–H groups in total. The molecule has 1 atom stereocenters. The first-order chi connectivity index (χ1) is 16.5. The Labute approximate surface area is 207 Å². The molecular weight excluding hydrogens is 474 g/mol. The van der Waals surface area contributed by atoms with E-state index in [0.29, 0.717) is 59.0 Å². The van der Waals surface area contributed by atoms with Crippen molar-refractivity contribution in [2.45, 2.75) is 18.9 Å². The molecular formula is C23H27N5O4S2. The van der Waals surface area contributed by atoms with Gasteiger partial charge in [0.1, 0.15) is 15.8 Å². The number of thioether (sulfide) groups is 1. The highest BCUT2D eigenvalue weighted by atomic mass is 32.2. The topological polar surface area (TPSA) is 90.6 Å². The summed E-state index contributed by atoms with van der Waals surface area (Å²) in [5, 5.41) is 9.24. The number of nitrogens with zero attached hydrogens (tertiary/aromatic N) is 5. The lowest BCUT2D eigenvalue weighted by atomic mass is 10.2. The van der Waals surface area contributed by atoms with Gasteiger partial charge in [-0.25, -0.2) is 4.98 Å². The molecule has 0 aromatic carbocycles. The van der Waals surface area contributed by atoms with Gasteiger partial charge >= 0.3 is 0 Å². The van der Waals surface area contributed by atoms with Crippen molar-refractivity contribution in [1.82, 2.24) is 19.2 Å². The van der Waals surface area contributed by atoms with Gasteiger partial charge in [-0.15, -0.1) is 0 Å². The molecule has 0 bridgehead atoms. The minimum absolute atomic E-state index is 0.000544. The number of hydrogen-bond acceptors (Lipinski definition) is 9. The summed E-state index contributed by atoms with van der Waals surface area (Å²) in [7, 11) is 0. The van der Waals surface area contributed by atoms with Gasteiger partial charge in [0, 0.05) is 45.5 Å². The Morgan fingerprint density at radius 2 is 2.06 bits per heavy atom. The van der Waals surface area contributed by atoms with E-state index in [-0.39, 0.29) is 24.2 Å². The molecule has 5 rings (SSSR count). The van der Waals surface area contributed by atoms with Crippen LogP contribution >= 0.6 is 24.0 Å². The molecule has 2 aromatic heterocycles. The number of aliphatic hydroxyl groups excluding tert-OH is 1. The zero-order chi connectivity index (χ0) is 23.7. The molecule has 1 amide bonds. The molecule has 0 spiro atoms. The molecule has 3 fully saturated rings. The molecule has 180 valence electrons. The third-order valence-corrected chi connectivity index (χ3v) is 7.77. The highest BCUT2D eigenvalue weighted by Gasteiger charge is 2.35. The minimum atomic E-state index is -0.220. The minimum Gasteiger partial charge on any atom is -0.395 e. The van der Waals surface area contributed by atoms with Gasteiger partial charge in [-0.3, -0.25) is 23.8 Å². The molecule has 0 aliphatic carbocycles. The zero-order valence-corrected chi connectivity index (χ0v) is 20.4. The predicted molar refractivity (Wildman–Crippen MR) is 136 cm³/mol. The van der Waals surface area contributed by atoms with Crippen LogP contribution in [0.5, 0.6) is 0 Å². The summed E-state index contributed by atoms with van der Waals surface area (Å²) in [6, 6.07) is 5.44. The van der Waals surface area contributed by atoms with Gasteiger partial charge in [0.05, 0.1) is 29.7 Å². The second-order valence-corrected chi connectivity index (χ2v) is 10.2. The Balaban J connectivity index is 1.49. The van der Waals surface area contributed by atoms with Crippen LogP contribution in [0.4, 0.5) is 5.82 Å². The Morgan fingerprint density at radius 1 is 1.24 bits per heavy atom. The maximum absolute atomic E-state index is 13.5. The number of aliphatic hydroxyl groups is 1. The first-order valence-electron chi connectivity index (χ1n) is 11.5.